The molecule has 3 aromatic rings. The molecule has 2 aromatic carbocycles. The van der Waals surface area contributed by atoms with Crippen LogP contribution in [0.3, 0.4) is 0 Å². The van der Waals surface area contributed by atoms with Crippen LogP contribution in [-0.4, -0.2) is 40.3 Å². The van der Waals surface area contributed by atoms with Gasteiger partial charge in [-0.2, -0.15) is 4.68 Å². The predicted octanol–water partition coefficient (Wildman–Crippen LogP) is 3.03. The number of benzene rings is 2. The van der Waals surface area contributed by atoms with Crippen LogP contribution in [0.2, 0.25) is 0 Å². The Bertz CT molecular complexity index is 1140. The molecule has 0 aliphatic carbocycles. The molecule has 1 saturated heterocycles. The highest BCUT2D eigenvalue weighted by atomic mass is 16.5. The smallest absolute Gasteiger partial charge is 0.437 e. The molecular formula is C23H23N3O5. The number of carbonyl (C=O) groups excluding carboxylic acids is 1. The molecule has 0 spiro atoms. The first kappa shape index (κ1) is 19.4. The number of hydrogen-bond donors (Lipinski definition) is 0. The molecule has 0 radical (unpaired) electrons. The van der Waals surface area contributed by atoms with Gasteiger partial charge in [0.25, 0.3) is 0 Å². The van der Waals surface area contributed by atoms with Crippen molar-refractivity contribution in [1.29, 1.82) is 0 Å². The van der Waals surface area contributed by atoms with Gasteiger partial charge in [-0.25, -0.2) is 4.79 Å². The summed E-state index contributed by atoms with van der Waals surface area (Å²) >= 11 is 0. The van der Waals surface area contributed by atoms with Crippen molar-refractivity contribution in [2.24, 2.45) is 0 Å². The molecule has 3 heterocycles. The fourth-order valence-electron chi connectivity index (χ4n) is 4.12. The molecule has 2 aliphatic rings. The molecule has 1 atom stereocenters. The van der Waals surface area contributed by atoms with E-state index in [9.17, 15) is 9.59 Å². The Kier molecular flexibility index (Phi) is 5.19. The average Bonchev–Trinajstić information content (AvgIpc) is 3.35. The summed E-state index contributed by atoms with van der Waals surface area (Å²) < 4.78 is 17.8. The minimum Gasteiger partial charge on any atom is -0.490 e. The van der Waals surface area contributed by atoms with Gasteiger partial charge in [0, 0.05) is 18.5 Å². The minimum absolute atomic E-state index is 0.0687. The van der Waals surface area contributed by atoms with E-state index >= 15 is 0 Å². The van der Waals surface area contributed by atoms with Crippen LogP contribution < -0.4 is 15.2 Å². The van der Waals surface area contributed by atoms with Gasteiger partial charge in [-0.05, 0) is 42.7 Å². The molecule has 0 N–H and O–H groups in total. The number of ether oxygens (including phenoxy) is 2. The van der Waals surface area contributed by atoms with Crippen molar-refractivity contribution in [1.82, 2.24) is 14.7 Å². The highest BCUT2D eigenvalue weighted by molar-refractivity contribution is 5.77. The zero-order valence-electron chi connectivity index (χ0n) is 17.0. The van der Waals surface area contributed by atoms with Crippen LogP contribution in [0.4, 0.5) is 0 Å². The average molecular weight is 421 g/mol. The lowest BCUT2D eigenvalue weighted by atomic mass is 10.0. The zero-order valence-corrected chi connectivity index (χ0v) is 17.0. The van der Waals surface area contributed by atoms with Gasteiger partial charge in [0.2, 0.25) is 11.8 Å². The van der Waals surface area contributed by atoms with Gasteiger partial charge >= 0.3 is 5.76 Å². The van der Waals surface area contributed by atoms with E-state index in [-0.39, 0.29) is 24.4 Å². The van der Waals surface area contributed by atoms with Crippen molar-refractivity contribution in [3.05, 3.63) is 64.6 Å². The van der Waals surface area contributed by atoms with Crippen molar-refractivity contribution in [2.45, 2.75) is 31.8 Å². The first-order valence-electron chi connectivity index (χ1n) is 10.5. The van der Waals surface area contributed by atoms with E-state index in [0.717, 1.165) is 41.0 Å². The van der Waals surface area contributed by atoms with Crippen LogP contribution in [0.25, 0.3) is 11.5 Å². The number of likely N-dealkylation sites (tertiary alicyclic amines) is 1. The van der Waals surface area contributed by atoms with Crippen LogP contribution in [0.15, 0.2) is 57.7 Å². The van der Waals surface area contributed by atoms with E-state index in [1.165, 1.54) is 0 Å². The standard InChI is InChI=1S/C23H23N3O5/c27-21(15-26-23(28)31-22(24-26)16-6-2-1-3-7-16)25-11-4-8-18(25)17-9-10-19-20(14-17)30-13-5-12-29-19/h1-3,6-7,9-10,14,18H,4-5,8,11-13,15H2. The lowest BCUT2D eigenvalue weighted by Gasteiger charge is -2.25. The maximum atomic E-state index is 13.1. The van der Waals surface area contributed by atoms with Crippen molar-refractivity contribution in [2.75, 3.05) is 19.8 Å². The summed E-state index contributed by atoms with van der Waals surface area (Å²) in [5.41, 5.74) is 1.70. The number of hydrogen-bond acceptors (Lipinski definition) is 6. The normalized spacial score (nSPS) is 18.1. The van der Waals surface area contributed by atoms with Gasteiger partial charge in [-0.15, -0.1) is 5.10 Å². The fraction of sp³-hybridized carbons (Fsp3) is 0.348. The van der Waals surface area contributed by atoms with Gasteiger partial charge in [-0.1, -0.05) is 24.3 Å². The summed E-state index contributed by atoms with van der Waals surface area (Å²) in [6.07, 6.45) is 2.59. The van der Waals surface area contributed by atoms with E-state index in [0.29, 0.717) is 25.3 Å². The van der Waals surface area contributed by atoms with E-state index in [2.05, 4.69) is 5.10 Å². The monoisotopic (exact) mass is 421 g/mol. The third-order valence-corrected chi connectivity index (χ3v) is 5.64. The van der Waals surface area contributed by atoms with Gasteiger partial charge in [0.15, 0.2) is 11.5 Å². The predicted molar refractivity (Wildman–Crippen MR) is 112 cm³/mol. The molecule has 31 heavy (non-hydrogen) atoms. The van der Waals surface area contributed by atoms with Crippen LogP contribution in [0.5, 0.6) is 11.5 Å². The number of nitrogens with zero attached hydrogens (tertiary/aromatic N) is 3. The third kappa shape index (κ3) is 3.93. The molecule has 5 rings (SSSR count). The topological polar surface area (TPSA) is 86.8 Å². The number of amides is 1. The molecule has 0 saturated carbocycles. The highest BCUT2D eigenvalue weighted by Gasteiger charge is 2.31. The van der Waals surface area contributed by atoms with Crippen LogP contribution in [0, 0.1) is 0 Å². The number of rotatable bonds is 4. The van der Waals surface area contributed by atoms with Gasteiger partial charge in [-0.3, -0.25) is 4.79 Å². The van der Waals surface area contributed by atoms with Gasteiger partial charge < -0.3 is 18.8 Å². The maximum absolute atomic E-state index is 13.1. The fourth-order valence-corrected chi connectivity index (χ4v) is 4.12. The summed E-state index contributed by atoms with van der Waals surface area (Å²) in [7, 11) is 0. The molecule has 8 heteroatoms. The lowest BCUT2D eigenvalue weighted by Crippen LogP contribution is -2.35. The second-order valence-electron chi connectivity index (χ2n) is 7.70. The molecule has 0 bridgehead atoms. The molecular weight excluding hydrogens is 398 g/mol. The largest absolute Gasteiger partial charge is 0.490 e. The van der Waals surface area contributed by atoms with E-state index in [4.69, 9.17) is 13.9 Å². The Hall–Kier alpha value is -3.55. The molecule has 1 aromatic heterocycles. The molecule has 8 nitrogen and oxygen atoms in total. The van der Waals surface area contributed by atoms with Crippen LogP contribution in [-0.2, 0) is 11.3 Å². The molecule has 1 fully saturated rings. The second kappa shape index (κ2) is 8.29. The lowest BCUT2D eigenvalue weighted by molar-refractivity contribution is -0.133. The van der Waals surface area contributed by atoms with Crippen molar-refractivity contribution < 1.29 is 18.7 Å². The van der Waals surface area contributed by atoms with Crippen LogP contribution in [0.1, 0.15) is 30.9 Å². The Morgan fingerprint density at radius 1 is 1.03 bits per heavy atom. The molecule has 1 amide bonds. The summed E-state index contributed by atoms with van der Waals surface area (Å²) in [6, 6.07) is 14.9. The Morgan fingerprint density at radius 2 is 1.84 bits per heavy atom. The maximum Gasteiger partial charge on any atom is 0.437 e. The highest BCUT2D eigenvalue weighted by Crippen LogP contribution is 2.38. The van der Waals surface area contributed by atoms with Crippen LogP contribution >= 0.6 is 0 Å². The zero-order chi connectivity index (χ0) is 21.2. The van der Waals surface area contributed by atoms with Crippen molar-refractivity contribution in [3.63, 3.8) is 0 Å². The van der Waals surface area contributed by atoms with Crippen molar-refractivity contribution in [3.8, 4) is 23.0 Å². The second-order valence-corrected chi connectivity index (χ2v) is 7.70. The third-order valence-electron chi connectivity index (χ3n) is 5.64. The number of fused-ring (bicyclic) bond motifs is 1. The number of carbonyl (C=O) groups is 1. The summed E-state index contributed by atoms with van der Waals surface area (Å²) in [4.78, 5) is 27.1. The van der Waals surface area contributed by atoms with Crippen molar-refractivity contribution >= 4 is 5.91 Å². The first-order chi connectivity index (χ1) is 15.2. The molecule has 2 aliphatic heterocycles. The Labute approximate surface area is 179 Å². The quantitative estimate of drug-likeness (QED) is 0.644. The van der Waals surface area contributed by atoms with E-state index in [1.54, 1.807) is 12.1 Å². The minimum atomic E-state index is -0.640. The summed E-state index contributed by atoms with van der Waals surface area (Å²) in [6.45, 7) is 1.73. The van der Waals surface area contributed by atoms with E-state index in [1.807, 2.05) is 41.3 Å². The summed E-state index contributed by atoms with van der Waals surface area (Å²) in [5.74, 6) is 0.858. The number of aromatic nitrogens is 2. The molecule has 160 valence electrons. The Balaban J connectivity index is 1.35. The SMILES string of the molecule is O=C(Cn1nc(-c2ccccc2)oc1=O)N1CCCC1c1ccc2c(c1)OCCCO2. The first-order valence-corrected chi connectivity index (χ1v) is 10.5. The van der Waals surface area contributed by atoms with Gasteiger partial charge in [0.05, 0.1) is 19.3 Å². The molecule has 1 unspecified atom stereocenters. The van der Waals surface area contributed by atoms with Gasteiger partial charge in [0.1, 0.15) is 6.54 Å². The Morgan fingerprint density at radius 3 is 2.68 bits per heavy atom. The van der Waals surface area contributed by atoms with E-state index < -0.39 is 5.76 Å². The summed E-state index contributed by atoms with van der Waals surface area (Å²) in [5, 5.41) is 4.21.